The third-order valence-corrected chi connectivity index (χ3v) is 2.34. The smallest absolute Gasteiger partial charge is 0.0885 e. The highest BCUT2D eigenvalue weighted by Gasteiger charge is 2.03. The summed E-state index contributed by atoms with van der Waals surface area (Å²) in [6, 6.07) is 7.94. The maximum Gasteiger partial charge on any atom is 0.0885 e. The summed E-state index contributed by atoms with van der Waals surface area (Å²) >= 11 is 0. The highest BCUT2D eigenvalue weighted by Crippen LogP contribution is 2.21. The topological polar surface area (TPSA) is 48.1 Å². The number of benzene rings is 1. The number of nitrogens with two attached hydrogens (primary N) is 1. The summed E-state index contributed by atoms with van der Waals surface area (Å²) in [6.07, 6.45) is 0. The van der Waals surface area contributed by atoms with E-state index < -0.39 is 0 Å². The summed E-state index contributed by atoms with van der Waals surface area (Å²) < 4.78 is 5.04. The fraction of sp³-hybridized carbons (Fsp3) is 0.250. The van der Waals surface area contributed by atoms with Crippen molar-refractivity contribution in [1.82, 2.24) is 4.98 Å². The predicted octanol–water partition coefficient (Wildman–Crippen LogP) is 2.27. The van der Waals surface area contributed by atoms with E-state index in [-0.39, 0.29) is 0 Å². The normalized spacial score (nSPS) is 10.8. The Balaban J connectivity index is 2.62. The van der Waals surface area contributed by atoms with Crippen LogP contribution in [-0.4, -0.2) is 12.1 Å². The molecule has 1 aromatic heterocycles. The molecule has 0 fully saturated rings. The lowest BCUT2D eigenvalue weighted by atomic mass is 10.1. The molecule has 0 aliphatic carbocycles. The van der Waals surface area contributed by atoms with E-state index >= 15 is 0 Å². The van der Waals surface area contributed by atoms with Gasteiger partial charge in [-0.05, 0) is 25.1 Å². The van der Waals surface area contributed by atoms with Gasteiger partial charge in [-0.15, -0.1) is 0 Å². The summed E-state index contributed by atoms with van der Waals surface area (Å²) in [5, 5.41) is 1.01. The van der Waals surface area contributed by atoms with Gasteiger partial charge >= 0.3 is 0 Å². The van der Waals surface area contributed by atoms with Crippen LogP contribution in [0.2, 0.25) is 0 Å². The van der Waals surface area contributed by atoms with Gasteiger partial charge in [-0.3, -0.25) is 4.98 Å². The highest BCUT2D eigenvalue weighted by atomic mass is 16.5. The summed E-state index contributed by atoms with van der Waals surface area (Å²) in [5.41, 5.74) is 9.70. The molecule has 0 radical (unpaired) electrons. The first-order valence-corrected chi connectivity index (χ1v) is 4.85. The van der Waals surface area contributed by atoms with E-state index in [0.29, 0.717) is 6.61 Å². The first-order valence-electron chi connectivity index (χ1n) is 4.85. The number of nitrogens with zero attached hydrogens (tertiary/aromatic N) is 1. The van der Waals surface area contributed by atoms with Crippen molar-refractivity contribution in [2.45, 2.75) is 13.5 Å². The van der Waals surface area contributed by atoms with E-state index in [1.165, 1.54) is 5.56 Å². The molecule has 0 saturated heterocycles. The number of ether oxygens (including phenoxy) is 1. The average molecular weight is 202 g/mol. The molecule has 0 saturated carbocycles. The van der Waals surface area contributed by atoms with Gasteiger partial charge in [-0.2, -0.15) is 0 Å². The number of fused-ring (bicyclic) bond motifs is 1. The number of rotatable bonds is 2. The molecule has 0 aliphatic rings. The van der Waals surface area contributed by atoms with Gasteiger partial charge in [0.2, 0.25) is 0 Å². The van der Waals surface area contributed by atoms with Crippen molar-refractivity contribution in [3.8, 4) is 0 Å². The number of aryl methyl sites for hydroxylation is 1. The van der Waals surface area contributed by atoms with Crippen LogP contribution < -0.4 is 5.73 Å². The molecule has 0 aliphatic heterocycles. The molecule has 1 heterocycles. The van der Waals surface area contributed by atoms with Gasteiger partial charge < -0.3 is 10.5 Å². The van der Waals surface area contributed by atoms with Crippen molar-refractivity contribution in [2.75, 3.05) is 12.8 Å². The van der Waals surface area contributed by atoms with Gasteiger partial charge in [-0.25, -0.2) is 0 Å². The number of methoxy groups -OCH3 is 1. The molecular formula is C12H14N2O. The Labute approximate surface area is 88.9 Å². The molecule has 78 valence electrons. The second kappa shape index (κ2) is 3.87. The zero-order chi connectivity index (χ0) is 10.8. The third kappa shape index (κ3) is 1.92. The van der Waals surface area contributed by atoms with Crippen molar-refractivity contribution >= 4 is 16.6 Å². The van der Waals surface area contributed by atoms with Gasteiger partial charge in [0.25, 0.3) is 0 Å². The zero-order valence-electron chi connectivity index (χ0n) is 8.95. The monoisotopic (exact) mass is 202 g/mol. The average Bonchev–Trinajstić information content (AvgIpc) is 2.20. The van der Waals surface area contributed by atoms with Crippen molar-refractivity contribution in [3.63, 3.8) is 0 Å². The van der Waals surface area contributed by atoms with Gasteiger partial charge in [0.05, 0.1) is 17.8 Å². The van der Waals surface area contributed by atoms with Crippen LogP contribution in [0.15, 0.2) is 24.3 Å². The lowest BCUT2D eigenvalue weighted by Crippen LogP contribution is -1.97. The van der Waals surface area contributed by atoms with Gasteiger partial charge in [0.1, 0.15) is 0 Å². The van der Waals surface area contributed by atoms with Crippen LogP contribution in [0.1, 0.15) is 11.3 Å². The molecule has 15 heavy (non-hydrogen) atoms. The number of pyridine rings is 1. The molecule has 0 spiro atoms. The van der Waals surface area contributed by atoms with Crippen molar-refractivity contribution in [1.29, 1.82) is 0 Å². The Morgan fingerprint density at radius 3 is 2.87 bits per heavy atom. The molecule has 0 unspecified atom stereocenters. The van der Waals surface area contributed by atoms with Crippen LogP contribution >= 0.6 is 0 Å². The van der Waals surface area contributed by atoms with Gasteiger partial charge in [0.15, 0.2) is 0 Å². The minimum Gasteiger partial charge on any atom is -0.398 e. The van der Waals surface area contributed by atoms with Crippen LogP contribution in [0.25, 0.3) is 10.9 Å². The van der Waals surface area contributed by atoms with Gasteiger partial charge in [-0.1, -0.05) is 11.6 Å². The Hall–Kier alpha value is -1.61. The predicted molar refractivity (Wildman–Crippen MR) is 61.6 cm³/mol. The Morgan fingerprint density at radius 2 is 2.13 bits per heavy atom. The lowest BCUT2D eigenvalue weighted by molar-refractivity contribution is 0.182. The molecule has 3 nitrogen and oxygen atoms in total. The Kier molecular flexibility index (Phi) is 2.56. The molecule has 0 amide bonds. The third-order valence-electron chi connectivity index (χ3n) is 2.34. The maximum atomic E-state index is 5.96. The van der Waals surface area contributed by atoms with Gasteiger partial charge in [0, 0.05) is 18.2 Å². The summed E-state index contributed by atoms with van der Waals surface area (Å²) in [7, 11) is 1.65. The number of hydrogen-bond donors (Lipinski definition) is 1. The van der Waals surface area contributed by atoms with Crippen LogP contribution in [0.4, 0.5) is 5.69 Å². The summed E-state index contributed by atoms with van der Waals surface area (Å²) in [6.45, 7) is 2.54. The molecular weight excluding hydrogens is 188 g/mol. The van der Waals surface area contributed by atoms with Crippen molar-refractivity contribution in [3.05, 3.63) is 35.5 Å². The Morgan fingerprint density at radius 1 is 1.33 bits per heavy atom. The SMILES string of the molecule is COCc1cc(N)c2cc(C)ccc2n1. The minimum absolute atomic E-state index is 0.494. The van der Waals surface area contributed by atoms with Crippen molar-refractivity contribution in [2.24, 2.45) is 0 Å². The molecule has 0 atom stereocenters. The fourth-order valence-electron chi connectivity index (χ4n) is 1.64. The van der Waals surface area contributed by atoms with Crippen LogP contribution in [0.5, 0.6) is 0 Å². The molecule has 2 N–H and O–H groups in total. The quantitative estimate of drug-likeness (QED) is 0.812. The number of hydrogen-bond acceptors (Lipinski definition) is 3. The maximum absolute atomic E-state index is 5.96. The summed E-state index contributed by atoms with van der Waals surface area (Å²) in [4.78, 5) is 4.46. The number of aromatic nitrogens is 1. The van der Waals surface area contributed by atoms with Crippen LogP contribution in [0, 0.1) is 6.92 Å². The standard InChI is InChI=1S/C12H14N2O/c1-8-3-4-12-10(5-8)11(13)6-9(14-12)7-15-2/h3-6H,7H2,1-2H3,(H2,13,14). The van der Waals surface area contributed by atoms with E-state index in [1.54, 1.807) is 7.11 Å². The van der Waals surface area contributed by atoms with E-state index in [9.17, 15) is 0 Å². The molecule has 3 heteroatoms. The highest BCUT2D eigenvalue weighted by molar-refractivity contribution is 5.90. The van der Waals surface area contributed by atoms with E-state index in [1.807, 2.05) is 31.2 Å². The van der Waals surface area contributed by atoms with Crippen molar-refractivity contribution < 1.29 is 4.74 Å². The first-order chi connectivity index (χ1) is 7.20. The molecule has 0 bridgehead atoms. The van der Waals surface area contributed by atoms with Crippen LogP contribution in [0.3, 0.4) is 0 Å². The van der Waals surface area contributed by atoms with E-state index in [0.717, 1.165) is 22.3 Å². The summed E-state index contributed by atoms with van der Waals surface area (Å²) in [5.74, 6) is 0. The Bertz CT molecular complexity index is 494. The first kappa shape index (κ1) is 9.93. The minimum atomic E-state index is 0.494. The number of nitrogen functional groups attached to an aromatic ring is 1. The second-order valence-electron chi connectivity index (χ2n) is 3.66. The van der Waals surface area contributed by atoms with E-state index in [4.69, 9.17) is 10.5 Å². The largest absolute Gasteiger partial charge is 0.398 e. The lowest BCUT2D eigenvalue weighted by Gasteiger charge is -2.06. The molecule has 2 rings (SSSR count). The number of anilines is 1. The van der Waals surface area contributed by atoms with E-state index in [2.05, 4.69) is 4.98 Å². The fourth-order valence-corrected chi connectivity index (χ4v) is 1.64. The zero-order valence-corrected chi connectivity index (χ0v) is 8.95. The molecule has 2 aromatic rings. The molecule has 1 aromatic carbocycles. The van der Waals surface area contributed by atoms with Crippen LogP contribution in [-0.2, 0) is 11.3 Å². The second-order valence-corrected chi connectivity index (χ2v) is 3.66.